The van der Waals surface area contributed by atoms with Crippen molar-refractivity contribution in [1.29, 1.82) is 0 Å². The molecule has 0 amide bonds. The normalized spacial score (nSPS) is 29.5. The van der Waals surface area contributed by atoms with Crippen molar-refractivity contribution in [3.63, 3.8) is 0 Å². The molecule has 0 aliphatic heterocycles. The van der Waals surface area contributed by atoms with Crippen molar-refractivity contribution in [3.05, 3.63) is 0 Å². The summed E-state index contributed by atoms with van der Waals surface area (Å²) < 4.78 is 0. The van der Waals surface area contributed by atoms with Crippen molar-refractivity contribution >= 4 is 0 Å². The van der Waals surface area contributed by atoms with Crippen LogP contribution in [0.3, 0.4) is 0 Å². The van der Waals surface area contributed by atoms with E-state index < -0.39 is 0 Å². The van der Waals surface area contributed by atoms with Gasteiger partial charge in [-0.3, -0.25) is 0 Å². The lowest BCUT2D eigenvalue weighted by atomic mass is 9.73. The summed E-state index contributed by atoms with van der Waals surface area (Å²) in [6.45, 7) is 10.4. The maximum atomic E-state index is 3.60. The highest BCUT2D eigenvalue weighted by atomic mass is 14.9. The van der Waals surface area contributed by atoms with Crippen molar-refractivity contribution < 1.29 is 0 Å². The molecular formula is C11H23N. The topological polar surface area (TPSA) is 12.0 Å². The molecule has 1 nitrogen and oxygen atoms in total. The molecule has 0 saturated heterocycles. The molecule has 1 aliphatic rings. The Labute approximate surface area is 76.9 Å². The minimum absolute atomic E-state index is 0.795. The van der Waals surface area contributed by atoms with Crippen molar-refractivity contribution in [2.45, 2.75) is 46.6 Å². The van der Waals surface area contributed by atoms with Crippen molar-refractivity contribution in [1.82, 2.24) is 5.32 Å². The molecule has 0 radical (unpaired) electrons. The third kappa shape index (κ3) is 2.78. The van der Waals surface area contributed by atoms with E-state index in [1.54, 1.807) is 0 Å². The molecule has 1 rings (SSSR count). The summed E-state index contributed by atoms with van der Waals surface area (Å²) in [6.07, 6.45) is 2.81. The Balaban J connectivity index is 2.02. The second-order valence-electron chi connectivity index (χ2n) is 4.97. The minimum atomic E-state index is 0.795. The van der Waals surface area contributed by atoms with Crippen molar-refractivity contribution in [2.75, 3.05) is 6.54 Å². The number of hydrogen-bond donors (Lipinski definition) is 1. The van der Waals surface area contributed by atoms with E-state index in [-0.39, 0.29) is 0 Å². The molecule has 0 aromatic carbocycles. The quantitative estimate of drug-likeness (QED) is 0.682. The summed E-state index contributed by atoms with van der Waals surface area (Å²) in [7, 11) is 0. The SMILES string of the molecule is CC(C)CNC1CC(C(C)C)C1. The summed E-state index contributed by atoms with van der Waals surface area (Å²) in [5.41, 5.74) is 0. The number of rotatable bonds is 4. The fourth-order valence-electron chi connectivity index (χ4n) is 1.78. The van der Waals surface area contributed by atoms with Crippen LogP contribution in [-0.2, 0) is 0 Å². The molecule has 0 atom stereocenters. The van der Waals surface area contributed by atoms with E-state index in [9.17, 15) is 0 Å². The Hall–Kier alpha value is -0.0400. The number of hydrogen-bond acceptors (Lipinski definition) is 1. The molecule has 1 saturated carbocycles. The summed E-state index contributed by atoms with van der Waals surface area (Å²) in [6, 6.07) is 0.833. The lowest BCUT2D eigenvalue weighted by Crippen LogP contribution is -2.44. The van der Waals surface area contributed by atoms with Gasteiger partial charge in [-0.1, -0.05) is 27.7 Å². The molecule has 0 heterocycles. The highest BCUT2D eigenvalue weighted by Gasteiger charge is 2.30. The van der Waals surface area contributed by atoms with Gasteiger partial charge >= 0.3 is 0 Å². The first-order valence-electron chi connectivity index (χ1n) is 5.33. The Morgan fingerprint density at radius 2 is 1.75 bits per heavy atom. The van der Waals surface area contributed by atoms with Gasteiger partial charge in [-0.15, -0.1) is 0 Å². The van der Waals surface area contributed by atoms with Crippen LogP contribution in [0.5, 0.6) is 0 Å². The monoisotopic (exact) mass is 169 g/mol. The van der Waals surface area contributed by atoms with E-state index in [2.05, 4.69) is 33.0 Å². The largest absolute Gasteiger partial charge is 0.314 e. The zero-order valence-electron chi connectivity index (χ0n) is 8.93. The van der Waals surface area contributed by atoms with Gasteiger partial charge in [-0.2, -0.15) is 0 Å². The summed E-state index contributed by atoms with van der Waals surface area (Å²) in [4.78, 5) is 0. The van der Waals surface area contributed by atoms with E-state index in [0.717, 1.165) is 23.8 Å². The Morgan fingerprint density at radius 1 is 1.17 bits per heavy atom. The Bertz CT molecular complexity index is 120. The fraction of sp³-hybridized carbons (Fsp3) is 1.00. The van der Waals surface area contributed by atoms with Crippen LogP contribution in [-0.4, -0.2) is 12.6 Å². The zero-order chi connectivity index (χ0) is 9.14. The van der Waals surface area contributed by atoms with Gasteiger partial charge in [0.2, 0.25) is 0 Å². The van der Waals surface area contributed by atoms with Crippen LogP contribution in [0.15, 0.2) is 0 Å². The van der Waals surface area contributed by atoms with Gasteiger partial charge < -0.3 is 5.32 Å². The lowest BCUT2D eigenvalue weighted by Gasteiger charge is -2.39. The van der Waals surface area contributed by atoms with Gasteiger partial charge in [0, 0.05) is 6.04 Å². The third-order valence-electron chi connectivity index (χ3n) is 2.93. The lowest BCUT2D eigenvalue weighted by molar-refractivity contribution is 0.165. The predicted octanol–water partition coefficient (Wildman–Crippen LogP) is 2.67. The summed E-state index contributed by atoms with van der Waals surface area (Å²) in [5.74, 6) is 2.68. The molecule has 72 valence electrons. The Kier molecular flexibility index (Phi) is 3.57. The molecule has 0 bridgehead atoms. The van der Waals surface area contributed by atoms with Crippen LogP contribution in [0.4, 0.5) is 0 Å². The molecular weight excluding hydrogens is 146 g/mol. The van der Waals surface area contributed by atoms with Gasteiger partial charge in [0.15, 0.2) is 0 Å². The highest BCUT2D eigenvalue weighted by Crippen LogP contribution is 2.33. The maximum absolute atomic E-state index is 3.60. The molecule has 1 N–H and O–H groups in total. The standard InChI is InChI=1S/C11H23N/c1-8(2)7-12-11-5-10(6-11)9(3)4/h8-12H,5-7H2,1-4H3. The second kappa shape index (κ2) is 4.27. The highest BCUT2D eigenvalue weighted by molar-refractivity contribution is 4.86. The van der Waals surface area contributed by atoms with Gasteiger partial charge in [-0.25, -0.2) is 0 Å². The first-order valence-corrected chi connectivity index (χ1v) is 5.33. The van der Waals surface area contributed by atoms with Gasteiger partial charge in [0.1, 0.15) is 0 Å². The van der Waals surface area contributed by atoms with Crippen molar-refractivity contribution in [3.8, 4) is 0 Å². The average Bonchev–Trinajstić information content (AvgIpc) is 1.82. The van der Waals surface area contributed by atoms with Gasteiger partial charge in [0.25, 0.3) is 0 Å². The van der Waals surface area contributed by atoms with Gasteiger partial charge in [-0.05, 0) is 37.1 Å². The molecule has 1 aliphatic carbocycles. The summed E-state index contributed by atoms with van der Waals surface area (Å²) in [5, 5.41) is 3.60. The molecule has 0 spiro atoms. The molecule has 0 unspecified atom stereocenters. The molecule has 0 aromatic rings. The van der Waals surface area contributed by atoms with Crippen LogP contribution in [0.25, 0.3) is 0 Å². The predicted molar refractivity (Wildman–Crippen MR) is 54.2 cm³/mol. The zero-order valence-corrected chi connectivity index (χ0v) is 8.93. The fourth-order valence-corrected chi connectivity index (χ4v) is 1.78. The van der Waals surface area contributed by atoms with Gasteiger partial charge in [0.05, 0.1) is 0 Å². The van der Waals surface area contributed by atoms with Crippen LogP contribution < -0.4 is 5.32 Å². The second-order valence-corrected chi connectivity index (χ2v) is 4.97. The van der Waals surface area contributed by atoms with Crippen LogP contribution in [0, 0.1) is 17.8 Å². The molecule has 12 heavy (non-hydrogen) atoms. The first kappa shape index (κ1) is 10.0. The number of nitrogens with one attached hydrogen (secondary N) is 1. The van der Waals surface area contributed by atoms with Crippen LogP contribution in [0.2, 0.25) is 0 Å². The van der Waals surface area contributed by atoms with E-state index in [4.69, 9.17) is 0 Å². The molecule has 1 heteroatoms. The first-order chi connectivity index (χ1) is 5.59. The maximum Gasteiger partial charge on any atom is 0.00726 e. The molecule has 1 fully saturated rings. The molecule has 0 aromatic heterocycles. The average molecular weight is 169 g/mol. The van der Waals surface area contributed by atoms with E-state index in [1.165, 1.54) is 19.4 Å². The smallest absolute Gasteiger partial charge is 0.00726 e. The third-order valence-corrected chi connectivity index (χ3v) is 2.93. The van der Waals surface area contributed by atoms with E-state index in [0.29, 0.717) is 0 Å². The van der Waals surface area contributed by atoms with Crippen molar-refractivity contribution in [2.24, 2.45) is 17.8 Å². The van der Waals surface area contributed by atoms with Crippen LogP contribution >= 0.6 is 0 Å². The van der Waals surface area contributed by atoms with E-state index in [1.807, 2.05) is 0 Å². The Morgan fingerprint density at radius 3 is 2.17 bits per heavy atom. The minimum Gasteiger partial charge on any atom is -0.314 e. The summed E-state index contributed by atoms with van der Waals surface area (Å²) >= 11 is 0. The van der Waals surface area contributed by atoms with Crippen LogP contribution in [0.1, 0.15) is 40.5 Å². The van der Waals surface area contributed by atoms with E-state index >= 15 is 0 Å².